The summed E-state index contributed by atoms with van der Waals surface area (Å²) in [5.74, 6) is -0.421. The molecule has 0 radical (unpaired) electrons. The van der Waals surface area contributed by atoms with E-state index in [9.17, 15) is 13.2 Å². The van der Waals surface area contributed by atoms with Crippen molar-refractivity contribution in [2.24, 2.45) is 0 Å². The number of hydrogen-bond acceptors (Lipinski definition) is 5. The third-order valence-electron chi connectivity index (χ3n) is 4.02. The van der Waals surface area contributed by atoms with Gasteiger partial charge >= 0.3 is 0 Å². The van der Waals surface area contributed by atoms with E-state index in [-0.39, 0.29) is 14.9 Å². The summed E-state index contributed by atoms with van der Waals surface area (Å²) in [6, 6.07) is 9.78. The Morgan fingerprint density at radius 2 is 1.76 bits per heavy atom. The Labute approximate surface area is 182 Å². The van der Waals surface area contributed by atoms with Gasteiger partial charge in [-0.25, -0.2) is 13.4 Å². The smallest absolute Gasteiger partial charge is 0.267 e. The molecule has 0 saturated carbocycles. The molecule has 1 amide bonds. The fourth-order valence-electron chi connectivity index (χ4n) is 2.68. The van der Waals surface area contributed by atoms with Crippen LogP contribution >= 0.6 is 34.5 Å². The number of carbonyl (C=O) groups is 1. The molecule has 2 N–H and O–H groups in total. The Balaban J connectivity index is 1.82. The summed E-state index contributed by atoms with van der Waals surface area (Å²) in [6.45, 7) is 5.25. The van der Waals surface area contributed by atoms with Crippen molar-refractivity contribution in [1.82, 2.24) is 4.98 Å². The van der Waals surface area contributed by atoms with Crippen LogP contribution < -0.4 is 10.0 Å². The number of aryl methyl sites for hydroxylation is 3. The summed E-state index contributed by atoms with van der Waals surface area (Å²) < 4.78 is 27.9. The summed E-state index contributed by atoms with van der Waals surface area (Å²) in [6.07, 6.45) is 0. The van der Waals surface area contributed by atoms with Crippen LogP contribution in [0.1, 0.15) is 26.5 Å². The Bertz CT molecular complexity index is 1210. The van der Waals surface area contributed by atoms with Crippen LogP contribution in [0.3, 0.4) is 0 Å². The number of benzene rings is 2. The highest BCUT2D eigenvalue weighted by atomic mass is 35.5. The molecule has 0 bridgehead atoms. The van der Waals surface area contributed by atoms with Crippen LogP contribution in [0.25, 0.3) is 0 Å². The van der Waals surface area contributed by atoms with Gasteiger partial charge < -0.3 is 5.32 Å². The summed E-state index contributed by atoms with van der Waals surface area (Å²) >= 11 is 12.8. The first-order valence-electron chi connectivity index (χ1n) is 8.41. The van der Waals surface area contributed by atoms with E-state index < -0.39 is 15.9 Å². The van der Waals surface area contributed by atoms with E-state index in [0.717, 1.165) is 16.9 Å². The first-order valence-corrected chi connectivity index (χ1v) is 11.5. The zero-order valence-corrected chi connectivity index (χ0v) is 18.9. The maximum Gasteiger partial charge on any atom is 0.267 e. The number of halogens is 2. The number of aromatic nitrogens is 1. The maximum absolute atomic E-state index is 12.7. The van der Waals surface area contributed by atoms with E-state index in [1.807, 2.05) is 6.92 Å². The number of nitrogens with one attached hydrogen (secondary N) is 2. The van der Waals surface area contributed by atoms with E-state index in [1.54, 1.807) is 44.2 Å². The summed E-state index contributed by atoms with van der Waals surface area (Å²) in [5.41, 5.74) is 2.47. The number of thiazole rings is 1. The molecule has 0 aliphatic rings. The minimum absolute atomic E-state index is 0.113. The largest absolute Gasteiger partial charge is 0.321 e. The Hall–Kier alpha value is -2.13. The van der Waals surface area contributed by atoms with Crippen LogP contribution in [0, 0.1) is 20.8 Å². The van der Waals surface area contributed by atoms with E-state index >= 15 is 0 Å². The van der Waals surface area contributed by atoms with Crippen LogP contribution in [-0.2, 0) is 10.0 Å². The number of rotatable bonds is 5. The number of hydrogen-bond donors (Lipinski definition) is 2. The molecule has 1 aromatic heterocycles. The van der Waals surface area contributed by atoms with Crippen LogP contribution in [0.2, 0.25) is 10.0 Å². The molecule has 0 spiro atoms. The van der Waals surface area contributed by atoms with Crippen molar-refractivity contribution < 1.29 is 13.2 Å². The Morgan fingerprint density at radius 1 is 1.03 bits per heavy atom. The average molecular weight is 470 g/mol. The third-order valence-corrected chi connectivity index (χ3v) is 7.46. The quantitative estimate of drug-likeness (QED) is 0.521. The average Bonchev–Trinajstić information content (AvgIpc) is 2.97. The summed E-state index contributed by atoms with van der Waals surface area (Å²) in [5, 5.41) is 3.50. The molecular formula is C19H17Cl2N3O3S2. The maximum atomic E-state index is 12.7. The lowest BCUT2D eigenvalue weighted by atomic mass is 10.2. The lowest BCUT2D eigenvalue weighted by Crippen LogP contribution is -2.14. The molecule has 6 nitrogen and oxygen atoms in total. The minimum Gasteiger partial charge on any atom is -0.321 e. The first-order chi connectivity index (χ1) is 13.6. The monoisotopic (exact) mass is 469 g/mol. The Kier molecular flexibility index (Phi) is 6.19. The standard InChI is InChI=1S/C19H17Cl2N3O3S2/c1-10-4-7-16(11(2)8-10)29(26,27)24-19-22-12(3)17(28-19)18(25)23-13-5-6-14(20)15(21)9-13/h4-9H,1-3H3,(H,22,24)(H,23,25). The highest BCUT2D eigenvalue weighted by Gasteiger charge is 2.22. The van der Waals surface area contributed by atoms with Crippen LogP contribution in [0.4, 0.5) is 10.8 Å². The van der Waals surface area contributed by atoms with Crippen molar-refractivity contribution in [3.05, 3.63) is 68.1 Å². The molecule has 3 rings (SSSR count). The summed E-state index contributed by atoms with van der Waals surface area (Å²) in [7, 11) is -3.83. The second-order valence-corrected chi connectivity index (χ2v) is 9.86. The number of sulfonamides is 1. The van der Waals surface area contributed by atoms with Gasteiger partial charge in [-0.2, -0.15) is 0 Å². The second-order valence-electron chi connectivity index (χ2n) is 6.39. The first kappa shape index (κ1) is 21.6. The van der Waals surface area contributed by atoms with Gasteiger partial charge in [-0.1, -0.05) is 52.2 Å². The van der Waals surface area contributed by atoms with Gasteiger partial charge in [0.2, 0.25) is 0 Å². The molecule has 1 heterocycles. The number of anilines is 2. The van der Waals surface area contributed by atoms with Crippen LogP contribution in [0.15, 0.2) is 41.3 Å². The third kappa shape index (κ3) is 4.90. The predicted molar refractivity (Wildman–Crippen MR) is 118 cm³/mol. The van der Waals surface area contributed by atoms with Crippen molar-refractivity contribution in [3.63, 3.8) is 0 Å². The number of amides is 1. The van der Waals surface area contributed by atoms with E-state index in [1.165, 1.54) is 6.07 Å². The molecule has 0 aliphatic heterocycles. The van der Waals surface area contributed by atoms with Gasteiger partial charge in [0, 0.05) is 5.69 Å². The normalized spacial score (nSPS) is 11.3. The molecule has 0 unspecified atom stereocenters. The van der Waals surface area contributed by atoms with Crippen molar-refractivity contribution in [2.45, 2.75) is 25.7 Å². The van der Waals surface area contributed by atoms with Gasteiger partial charge in [-0.05, 0) is 50.6 Å². The molecule has 0 aliphatic carbocycles. The fourth-order valence-corrected chi connectivity index (χ4v) is 5.31. The highest BCUT2D eigenvalue weighted by molar-refractivity contribution is 7.93. The number of nitrogens with zero attached hydrogens (tertiary/aromatic N) is 1. The highest BCUT2D eigenvalue weighted by Crippen LogP contribution is 2.29. The van der Waals surface area contributed by atoms with Gasteiger partial charge in [0.05, 0.1) is 20.6 Å². The van der Waals surface area contributed by atoms with Crippen molar-refractivity contribution in [3.8, 4) is 0 Å². The van der Waals surface area contributed by atoms with Gasteiger partial charge in [-0.3, -0.25) is 9.52 Å². The lowest BCUT2D eigenvalue weighted by Gasteiger charge is -2.08. The SMILES string of the molecule is Cc1ccc(S(=O)(=O)Nc2nc(C)c(C(=O)Nc3ccc(Cl)c(Cl)c3)s2)c(C)c1. The van der Waals surface area contributed by atoms with E-state index in [0.29, 0.717) is 27.0 Å². The Morgan fingerprint density at radius 3 is 2.41 bits per heavy atom. The minimum atomic E-state index is -3.83. The molecule has 10 heteroatoms. The van der Waals surface area contributed by atoms with Crippen molar-refractivity contribution in [1.29, 1.82) is 0 Å². The van der Waals surface area contributed by atoms with Crippen molar-refractivity contribution in [2.75, 3.05) is 10.0 Å². The molecule has 29 heavy (non-hydrogen) atoms. The topological polar surface area (TPSA) is 88.2 Å². The number of carbonyl (C=O) groups excluding carboxylic acids is 1. The van der Waals surface area contributed by atoms with Crippen LogP contribution in [0.5, 0.6) is 0 Å². The van der Waals surface area contributed by atoms with Gasteiger partial charge in [-0.15, -0.1) is 0 Å². The molecule has 0 atom stereocenters. The molecule has 3 aromatic rings. The van der Waals surface area contributed by atoms with Gasteiger partial charge in [0.25, 0.3) is 15.9 Å². The molecular weight excluding hydrogens is 453 g/mol. The second kappa shape index (κ2) is 8.31. The molecule has 0 fully saturated rings. The molecule has 152 valence electrons. The zero-order valence-electron chi connectivity index (χ0n) is 15.7. The van der Waals surface area contributed by atoms with Gasteiger partial charge in [0.1, 0.15) is 4.88 Å². The predicted octanol–water partition coefficient (Wildman–Crippen LogP) is 5.43. The zero-order chi connectivity index (χ0) is 21.3. The van der Waals surface area contributed by atoms with E-state index in [4.69, 9.17) is 23.2 Å². The van der Waals surface area contributed by atoms with Crippen LogP contribution in [-0.4, -0.2) is 19.3 Å². The lowest BCUT2D eigenvalue weighted by molar-refractivity contribution is 0.103. The summed E-state index contributed by atoms with van der Waals surface area (Å²) in [4.78, 5) is 17.2. The van der Waals surface area contributed by atoms with Gasteiger partial charge in [0.15, 0.2) is 5.13 Å². The van der Waals surface area contributed by atoms with Crippen molar-refractivity contribution >= 4 is 61.3 Å². The molecule has 0 saturated heterocycles. The fraction of sp³-hybridized carbons (Fsp3) is 0.158. The van der Waals surface area contributed by atoms with E-state index in [2.05, 4.69) is 15.0 Å². The molecule has 2 aromatic carbocycles.